The van der Waals surface area contributed by atoms with Crippen LogP contribution in [0.1, 0.15) is 39.0 Å². The maximum atomic E-state index is 12.0. The highest BCUT2D eigenvalue weighted by Gasteiger charge is 2.21. The van der Waals surface area contributed by atoms with E-state index in [1.54, 1.807) is 0 Å². The van der Waals surface area contributed by atoms with Crippen molar-refractivity contribution < 1.29 is 4.79 Å². The van der Waals surface area contributed by atoms with Gasteiger partial charge in [0, 0.05) is 45.2 Å². The summed E-state index contributed by atoms with van der Waals surface area (Å²) >= 11 is 0. The summed E-state index contributed by atoms with van der Waals surface area (Å²) in [5.74, 6) is 1.24. The van der Waals surface area contributed by atoms with Crippen molar-refractivity contribution in [2.75, 3.05) is 39.3 Å². The largest absolute Gasteiger partial charge is 0.355 e. The van der Waals surface area contributed by atoms with E-state index in [-0.39, 0.29) is 24.2 Å². The quantitative estimate of drug-likeness (QED) is 0.784. The van der Waals surface area contributed by atoms with E-state index in [0.29, 0.717) is 0 Å². The second-order valence-corrected chi connectivity index (χ2v) is 6.17. The van der Waals surface area contributed by atoms with Gasteiger partial charge in [-0.25, -0.2) is 0 Å². The number of rotatable bonds is 6. The van der Waals surface area contributed by atoms with Crippen molar-refractivity contribution in [3.8, 4) is 0 Å². The van der Waals surface area contributed by atoms with Crippen LogP contribution in [0.2, 0.25) is 0 Å². The normalized spacial score (nSPS) is 22.2. The molecule has 1 atom stereocenters. The number of amides is 1. The average molecular weight is 304 g/mol. The second kappa shape index (κ2) is 9.59. The minimum absolute atomic E-state index is 0. The Balaban J connectivity index is 0.00000200. The zero-order chi connectivity index (χ0) is 13.5. The highest BCUT2D eigenvalue weighted by molar-refractivity contribution is 5.85. The molecule has 0 bridgehead atoms. The van der Waals surface area contributed by atoms with Gasteiger partial charge in [0.2, 0.25) is 5.91 Å². The van der Waals surface area contributed by atoms with Crippen LogP contribution in [-0.4, -0.2) is 50.1 Å². The van der Waals surface area contributed by atoms with Crippen molar-refractivity contribution >= 4 is 18.3 Å². The Hall–Kier alpha value is -0.320. The molecule has 1 heterocycles. The van der Waals surface area contributed by atoms with Gasteiger partial charge in [0.05, 0.1) is 0 Å². The lowest BCUT2D eigenvalue weighted by Gasteiger charge is -2.27. The number of hydrogen-bond donors (Lipinski definition) is 2. The summed E-state index contributed by atoms with van der Waals surface area (Å²) in [5, 5.41) is 6.45. The Bertz CT molecular complexity index is 276. The Labute approximate surface area is 129 Å². The Morgan fingerprint density at radius 2 is 1.95 bits per heavy atom. The molecular formula is C15H30ClN3O. The van der Waals surface area contributed by atoms with Crippen LogP contribution in [0.25, 0.3) is 0 Å². The average Bonchev–Trinajstić information content (AvgIpc) is 2.92. The molecule has 5 heteroatoms. The van der Waals surface area contributed by atoms with Crippen LogP contribution in [0.15, 0.2) is 0 Å². The van der Waals surface area contributed by atoms with E-state index in [2.05, 4.69) is 22.5 Å². The highest BCUT2D eigenvalue weighted by atomic mass is 35.5. The minimum atomic E-state index is 0. The van der Waals surface area contributed by atoms with E-state index in [1.165, 1.54) is 25.7 Å². The summed E-state index contributed by atoms with van der Waals surface area (Å²) in [6.45, 7) is 8.23. The van der Waals surface area contributed by atoms with Gasteiger partial charge in [-0.1, -0.05) is 32.6 Å². The lowest BCUT2D eigenvalue weighted by atomic mass is 9.94. The van der Waals surface area contributed by atoms with Gasteiger partial charge < -0.3 is 10.6 Å². The molecule has 2 rings (SSSR count). The molecule has 0 aromatic heterocycles. The van der Waals surface area contributed by atoms with Gasteiger partial charge in [0.25, 0.3) is 0 Å². The van der Waals surface area contributed by atoms with Crippen molar-refractivity contribution in [3.63, 3.8) is 0 Å². The van der Waals surface area contributed by atoms with Gasteiger partial charge in [-0.05, 0) is 12.3 Å². The molecule has 0 radical (unpaired) electrons. The third kappa shape index (κ3) is 5.98. The summed E-state index contributed by atoms with van der Waals surface area (Å²) in [6, 6.07) is 0. The van der Waals surface area contributed by atoms with Gasteiger partial charge in [0.15, 0.2) is 0 Å². The van der Waals surface area contributed by atoms with Crippen LogP contribution in [0.4, 0.5) is 0 Å². The molecule has 20 heavy (non-hydrogen) atoms. The Morgan fingerprint density at radius 3 is 2.60 bits per heavy atom. The highest BCUT2D eigenvalue weighted by Crippen LogP contribution is 2.30. The van der Waals surface area contributed by atoms with Crippen molar-refractivity contribution in [1.29, 1.82) is 0 Å². The number of nitrogens with zero attached hydrogens (tertiary/aromatic N) is 1. The maximum Gasteiger partial charge on any atom is 0.222 e. The number of carbonyl (C=O) groups is 1. The number of hydrogen-bond acceptors (Lipinski definition) is 3. The van der Waals surface area contributed by atoms with E-state index < -0.39 is 0 Å². The molecule has 1 unspecified atom stereocenters. The van der Waals surface area contributed by atoms with Gasteiger partial charge in [-0.2, -0.15) is 0 Å². The summed E-state index contributed by atoms with van der Waals surface area (Å²) in [4.78, 5) is 14.4. The first-order chi connectivity index (χ1) is 9.25. The van der Waals surface area contributed by atoms with Crippen molar-refractivity contribution in [3.05, 3.63) is 0 Å². The van der Waals surface area contributed by atoms with E-state index in [0.717, 1.165) is 51.6 Å². The van der Waals surface area contributed by atoms with E-state index in [1.807, 2.05) is 0 Å². The van der Waals surface area contributed by atoms with Gasteiger partial charge in [-0.15, -0.1) is 12.4 Å². The van der Waals surface area contributed by atoms with Crippen LogP contribution in [0, 0.1) is 11.8 Å². The summed E-state index contributed by atoms with van der Waals surface area (Å²) in [6.07, 6.45) is 6.47. The van der Waals surface area contributed by atoms with Crippen molar-refractivity contribution in [2.24, 2.45) is 11.8 Å². The van der Waals surface area contributed by atoms with Crippen LogP contribution in [0.3, 0.4) is 0 Å². The molecule has 118 valence electrons. The smallest absolute Gasteiger partial charge is 0.222 e. The topological polar surface area (TPSA) is 44.4 Å². The molecule has 0 spiro atoms. The first-order valence-corrected chi connectivity index (χ1v) is 7.96. The lowest BCUT2D eigenvalue weighted by Crippen LogP contribution is -2.46. The molecule has 0 aromatic carbocycles. The van der Waals surface area contributed by atoms with Gasteiger partial charge >= 0.3 is 0 Å². The molecule has 0 aromatic rings. The molecule has 2 fully saturated rings. The standard InChI is InChI=1S/C15H29N3O.ClH/c1-13(12-14-4-2-3-5-14)15(19)17-8-11-18-9-6-16-7-10-18;/h13-14,16H,2-12H2,1H3,(H,17,19);1H. The predicted molar refractivity (Wildman–Crippen MR) is 85.3 cm³/mol. The fraction of sp³-hybridized carbons (Fsp3) is 0.933. The summed E-state index contributed by atoms with van der Waals surface area (Å²) < 4.78 is 0. The maximum absolute atomic E-state index is 12.0. The Morgan fingerprint density at radius 1 is 1.30 bits per heavy atom. The molecule has 1 aliphatic heterocycles. The molecule has 1 saturated heterocycles. The minimum Gasteiger partial charge on any atom is -0.355 e. The molecule has 1 amide bonds. The summed E-state index contributed by atoms with van der Waals surface area (Å²) in [7, 11) is 0. The van der Waals surface area contributed by atoms with Crippen molar-refractivity contribution in [1.82, 2.24) is 15.5 Å². The number of carbonyl (C=O) groups excluding carboxylic acids is 1. The van der Waals surface area contributed by atoms with Crippen LogP contribution < -0.4 is 10.6 Å². The number of nitrogens with one attached hydrogen (secondary N) is 2. The Kier molecular flexibility index (Phi) is 8.50. The first kappa shape index (κ1) is 17.7. The molecular weight excluding hydrogens is 274 g/mol. The SMILES string of the molecule is CC(CC1CCCC1)C(=O)NCCN1CCNCC1.Cl. The van der Waals surface area contributed by atoms with E-state index in [4.69, 9.17) is 0 Å². The second-order valence-electron chi connectivity index (χ2n) is 6.17. The fourth-order valence-electron chi connectivity index (χ4n) is 3.30. The first-order valence-electron chi connectivity index (χ1n) is 7.96. The molecule has 2 N–H and O–H groups in total. The van der Waals surface area contributed by atoms with Crippen molar-refractivity contribution in [2.45, 2.75) is 39.0 Å². The van der Waals surface area contributed by atoms with Gasteiger partial charge in [0.1, 0.15) is 0 Å². The van der Waals surface area contributed by atoms with E-state index in [9.17, 15) is 4.79 Å². The zero-order valence-electron chi connectivity index (χ0n) is 12.7. The molecule has 4 nitrogen and oxygen atoms in total. The van der Waals surface area contributed by atoms with Gasteiger partial charge in [-0.3, -0.25) is 9.69 Å². The third-order valence-corrected chi connectivity index (χ3v) is 4.55. The van der Waals surface area contributed by atoms with Crippen LogP contribution in [-0.2, 0) is 4.79 Å². The lowest BCUT2D eigenvalue weighted by molar-refractivity contribution is -0.125. The molecule has 1 aliphatic carbocycles. The number of piperazine rings is 1. The van der Waals surface area contributed by atoms with Crippen LogP contribution >= 0.6 is 12.4 Å². The molecule has 2 aliphatic rings. The molecule has 1 saturated carbocycles. The predicted octanol–water partition coefficient (Wildman–Crippen LogP) is 1.65. The van der Waals surface area contributed by atoms with Crippen LogP contribution in [0.5, 0.6) is 0 Å². The summed E-state index contributed by atoms with van der Waals surface area (Å²) in [5.41, 5.74) is 0. The van der Waals surface area contributed by atoms with E-state index >= 15 is 0 Å². The zero-order valence-corrected chi connectivity index (χ0v) is 13.5. The monoisotopic (exact) mass is 303 g/mol. The fourth-order valence-corrected chi connectivity index (χ4v) is 3.30. The third-order valence-electron chi connectivity index (χ3n) is 4.55. The number of halogens is 1.